The van der Waals surface area contributed by atoms with Gasteiger partial charge in [-0.05, 0) is 43.8 Å². The molecule has 1 fully saturated rings. The largest absolute Gasteiger partial charge is 0.497 e. The van der Waals surface area contributed by atoms with Crippen LogP contribution in [0.5, 0.6) is 5.75 Å². The van der Waals surface area contributed by atoms with Gasteiger partial charge >= 0.3 is 0 Å². The fraction of sp³-hybridized carbons (Fsp3) is 0.375. The van der Waals surface area contributed by atoms with Gasteiger partial charge in [-0.15, -0.1) is 11.3 Å². The first-order chi connectivity index (χ1) is 16.0. The van der Waals surface area contributed by atoms with Crippen molar-refractivity contribution in [2.75, 3.05) is 39.8 Å². The number of furan rings is 1. The molecule has 1 aromatic carbocycles. The summed E-state index contributed by atoms with van der Waals surface area (Å²) in [4.78, 5) is 34.6. The van der Waals surface area contributed by atoms with Gasteiger partial charge in [-0.1, -0.05) is 13.0 Å². The second-order valence-corrected chi connectivity index (χ2v) is 8.72. The maximum absolute atomic E-state index is 12.8. The van der Waals surface area contributed by atoms with Gasteiger partial charge < -0.3 is 23.5 Å². The van der Waals surface area contributed by atoms with Gasteiger partial charge in [0.15, 0.2) is 10.6 Å². The zero-order valence-electron chi connectivity index (χ0n) is 19.1. The molecule has 0 radical (unpaired) electrons. The molecule has 33 heavy (non-hydrogen) atoms. The molecule has 1 aliphatic heterocycles. The van der Waals surface area contributed by atoms with E-state index in [1.54, 1.807) is 37.4 Å². The molecule has 1 aliphatic rings. The third kappa shape index (κ3) is 5.26. The number of carbonyl (C=O) groups is 2. The van der Waals surface area contributed by atoms with Crippen LogP contribution in [-0.4, -0.2) is 66.0 Å². The Balaban J connectivity index is 1.50. The number of aromatic nitrogens is 1. The second-order valence-electron chi connectivity index (χ2n) is 7.89. The number of methoxy groups -OCH3 is 1. The van der Waals surface area contributed by atoms with E-state index in [0.29, 0.717) is 47.3 Å². The Morgan fingerprint density at radius 1 is 1.15 bits per heavy atom. The maximum atomic E-state index is 12.8. The van der Waals surface area contributed by atoms with E-state index in [1.807, 2.05) is 27.8 Å². The summed E-state index contributed by atoms with van der Waals surface area (Å²) in [5.74, 6) is 1.17. The number of aryl methyl sites for hydroxylation is 1. The number of carbonyl (C=O) groups excluding carboxylic acids is 2. The molecular weight excluding hydrogens is 440 g/mol. The lowest BCUT2D eigenvalue weighted by Crippen LogP contribution is -2.48. The first-order valence-corrected chi connectivity index (χ1v) is 11.8. The first-order valence-electron chi connectivity index (χ1n) is 11.0. The van der Waals surface area contributed by atoms with E-state index in [1.165, 1.54) is 11.3 Å². The highest BCUT2D eigenvalue weighted by atomic mass is 32.1. The molecule has 0 atom stereocenters. The molecule has 0 spiro atoms. The summed E-state index contributed by atoms with van der Waals surface area (Å²) in [7, 11) is 1.56. The van der Waals surface area contributed by atoms with Crippen molar-refractivity contribution in [3.05, 3.63) is 69.4 Å². The Kier molecular flexibility index (Phi) is 7.10. The van der Waals surface area contributed by atoms with Gasteiger partial charge in [0, 0.05) is 42.8 Å². The highest BCUT2D eigenvalue weighted by Crippen LogP contribution is 2.16. The first kappa shape index (κ1) is 23.0. The van der Waals surface area contributed by atoms with E-state index in [9.17, 15) is 9.59 Å². The molecule has 4 rings (SSSR count). The molecular formula is C24H28N4O4S. The summed E-state index contributed by atoms with van der Waals surface area (Å²) in [6.45, 7) is 8.64. The number of amides is 2. The number of thiazole rings is 1. The Labute approximate surface area is 196 Å². The fourth-order valence-electron chi connectivity index (χ4n) is 3.76. The summed E-state index contributed by atoms with van der Waals surface area (Å²) in [5.41, 5.74) is 1.41. The minimum atomic E-state index is -0.342. The number of rotatable bonds is 6. The molecule has 1 saturated heterocycles. The zero-order chi connectivity index (χ0) is 23.4. The summed E-state index contributed by atoms with van der Waals surface area (Å²) in [5, 5.41) is 1.94. The lowest BCUT2D eigenvalue weighted by molar-refractivity contribution is 0.0610. The molecule has 0 aliphatic carbocycles. The van der Waals surface area contributed by atoms with E-state index in [0.717, 1.165) is 25.3 Å². The Morgan fingerprint density at radius 3 is 2.67 bits per heavy atom. The minimum absolute atomic E-state index is 0.0813. The molecule has 8 nitrogen and oxygen atoms in total. The third-order valence-corrected chi connectivity index (χ3v) is 6.78. The zero-order valence-corrected chi connectivity index (χ0v) is 19.9. The minimum Gasteiger partial charge on any atom is -0.497 e. The molecule has 174 valence electrons. The van der Waals surface area contributed by atoms with Crippen molar-refractivity contribution in [2.45, 2.75) is 20.4 Å². The molecule has 0 N–H and O–H groups in total. The van der Waals surface area contributed by atoms with Crippen LogP contribution >= 0.6 is 11.3 Å². The van der Waals surface area contributed by atoms with Crippen LogP contribution in [0.3, 0.4) is 0 Å². The van der Waals surface area contributed by atoms with Crippen LogP contribution in [0.15, 0.2) is 51.2 Å². The number of nitrogens with zero attached hydrogens (tertiary/aromatic N) is 4. The molecule has 0 unspecified atom stereocenters. The molecule has 2 aromatic heterocycles. The van der Waals surface area contributed by atoms with Crippen LogP contribution < -0.4 is 9.54 Å². The summed E-state index contributed by atoms with van der Waals surface area (Å²) < 4.78 is 13.0. The number of benzene rings is 1. The van der Waals surface area contributed by atoms with Crippen LogP contribution in [0, 0.1) is 6.92 Å². The average Bonchev–Trinajstić information content (AvgIpc) is 3.46. The number of ether oxygens (including phenoxy) is 1. The normalized spacial score (nSPS) is 15.1. The van der Waals surface area contributed by atoms with Crippen LogP contribution in [0.1, 0.15) is 39.3 Å². The quantitative estimate of drug-likeness (QED) is 0.556. The molecule has 0 saturated carbocycles. The number of piperazine rings is 1. The highest BCUT2D eigenvalue weighted by molar-refractivity contribution is 7.07. The van der Waals surface area contributed by atoms with E-state index in [-0.39, 0.29) is 11.8 Å². The van der Waals surface area contributed by atoms with Crippen molar-refractivity contribution < 1.29 is 18.7 Å². The fourth-order valence-corrected chi connectivity index (χ4v) is 4.63. The Bertz CT molecular complexity index is 1200. The molecule has 0 bridgehead atoms. The third-order valence-electron chi connectivity index (χ3n) is 5.80. The van der Waals surface area contributed by atoms with Crippen molar-refractivity contribution in [1.82, 2.24) is 14.4 Å². The van der Waals surface area contributed by atoms with Gasteiger partial charge in [0.2, 0.25) is 0 Å². The second kappa shape index (κ2) is 10.2. The smallest absolute Gasteiger partial charge is 0.289 e. The van der Waals surface area contributed by atoms with Gasteiger partial charge in [-0.2, -0.15) is 4.99 Å². The monoisotopic (exact) mass is 468 g/mol. The van der Waals surface area contributed by atoms with Crippen LogP contribution in [0.4, 0.5) is 0 Å². The van der Waals surface area contributed by atoms with Crippen LogP contribution in [-0.2, 0) is 6.54 Å². The summed E-state index contributed by atoms with van der Waals surface area (Å²) in [6.07, 6.45) is 0. The molecule has 3 aromatic rings. The van der Waals surface area contributed by atoms with E-state index in [4.69, 9.17) is 9.15 Å². The van der Waals surface area contributed by atoms with Gasteiger partial charge in [0.25, 0.3) is 11.8 Å². The van der Waals surface area contributed by atoms with Crippen molar-refractivity contribution >= 4 is 23.2 Å². The standard InChI is InChI=1S/C24H28N4O4S/c1-4-26-10-12-27(13-11-26)23(30)21-9-8-20(32-21)15-28-17(2)16-33-24(28)25-22(29)18-6-5-7-19(14-18)31-3/h5-9,14,16H,4,10-13,15H2,1-3H3. The van der Waals surface area contributed by atoms with Gasteiger partial charge in [0.1, 0.15) is 11.5 Å². The van der Waals surface area contributed by atoms with Gasteiger partial charge in [-0.25, -0.2) is 0 Å². The predicted molar refractivity (Wildman–Crippen MR) is 126 cm³/mol. The average molecular weight is 469 g/mol. The SMILES string of the molecule is CCN1CCN(C(=O)c2ccc(Cn3c(C)csc3=NC(=O)c3cccc(OC)c3)o2)CC1. The lowest BCUT2D eigenvalue weighted by Gasteiger charge is -2.33. The van der Waals surface area contributed by atoms with Crippen molar-refractivity contribution in [3.63, 3.8) is 0 Å². The summed E-state index contributed by atoms with van der Waals surface area (Å²) in [6, 6.07) is 10.5. The maximum Gasteiger partial charge on any atom is 0.289 e. The van der Waals surface area contributed by atoms with E-state index in [2.05, 4.69) is 16.8 Å². The number of hydrogen-bond donors (Lipinski definition) is 0. The van der Waals surface area contributed by atoms with Gasteiger partial charge in [0.05, 0.1) is 13.7 Å². The van der Waals surface area contributed by atoms with E-state index < -0.39 is 0 Å². The highest BCUT2D eigenvalue weighted by Gasteiger charge is 2.23. The Hall–Kier alpha value is -3.17. The summed E-state index contributed by atoms with van der Waals surface area (Å²) >= 11 is 1.39. The lowest BCUT2D eigenvalue weighted by atomic mass is 10.2. The molecule has 9 heteroatoms. The predicted octanol–water partition coefficient (Wildman–Crippen LogP) is 3.03. The van der Waals surface area contributed by atoms with Crippen molar-refractivity contribution in [2.24, 2.45) is 4.99 Å². The van der Waals surface area contributed by atoms with Crippen molar-refractivity contribution in [3.8, 4) is 5.75 Å². The Morgan fingerprint density at radius 2 is 1.94 bits per heavy atom. The van der Waals surface area contributed by atoms with Crippen LogP contribution in [0.25, 0.3) is 0 Å². The molecule has 2 amide bonds. The van der Waals surface area contributed by atoms with Crippen molar-refractivity contribution in [1.29, 1.82) is 0 Å². The molecule has 3 heterocycles. The topological polar surface area (TPSA) is 80.3 Å². The van der Waals surface area contributed by atoms with Crippen LogP contribution in [0.2, 0.25) is 0 Å². The van der Waals surface area contributed by atoms with Gasteiger partial charge in [-0.3, -0.25) is 9.59 Å². The number of likely N-dealkylation sites (N-methyl/N-ethyl adjacent to an activating group) is 1. The van der Waals surface area contributed by atoms with E-state index >= 15 is 0 Å². The number of hydrogen-bond acceptors (Lipinski definition) is 6.